The van der Waals surface area contributed by atoms with E-state index < -0.39 is 0 Å². The summed E-state index contributed by atoms with van der Waals surface area (Å²) in [5.74, 6) is 0. The lowest BCUT2D eigenvalue weighted by atomic mass is 10.3. The lowest BCUT2D eigenvalue weighted by Gasteiger charge is -1.72. The predicted octanol–water partition coefficient (Wildman–Crippen LogP) is 0.363. The SMILES string of the molecule is CC[C@@H]1O[C@@H]1C=O. The van der Waals surface area contributed by atoms with Crippen molar-refractivity contribution in [1.29, 1.82) is 0 Å². The van der Waals surface area contributed by atoms with Crippen LogP contribution < -0.4 is 0 Å². The molecule has 1 rings (SSSR count). The Bertz CT molecular complexity index is 80.1. The first kappa shape index (κ1) is 4.78. The average molecular weight is 100 g/mol. The number of aldehydes is 1. The Morgan fingerprint density at radius 1 is 1.86 bits per heavy atom. The molecule has 0 saturated carbocycles. The molecule has 1 saturated heterocycles. The first-order valence-corrected chi connectivity index (χ1v) is 2.49. The molecule has 2 nitrogen and oxygen atoms in total. The van der Waals surface area contributed by atoms with Crippen molar-refractivity contribution in [2.24, 2.45) is 0 Å². The number of carbonyl (C=O) groups is 1. The Hall–Kier alpha value is -0.370. The third kappa shape index (κ3) is 0.800. The maximum Gasteiger partial charge on any atom is 0.151 e. The molecule has 0 radical (unpaired) electrons. The molecular weight excluding hydrogens is 92.1 g/mol. The van der Waals surface area contributed by atoms with E-state index in [1.165, 1.54) is 0 Å². The first-order chi connectivity index (χ1) is 3.38. The summed E-state index contributed by atoms with van der Waals surface area (Å²) in [5, 5.41) is 0. The maximum absolute atomic E-state index is 9.81. The second-order valence-corrected chi connectivity index (χ2v) is 1.68. The minimum Gasteiger partial charge on any atom is -0.362 e. The molecule has 0 aromatic rings. The Balaban J connectivity index is 2.17. The van der Waals surface area contributed by atoms with Crippen LogP contribution in [0.5, 0.6) is 0 Å². The van der Waals surface area contributed by atoms with Gasteiger partial charge in [-0.3, -0.25) is 0 Å². The molecule has 2 heteroatoms. The molecule has 0 aromatic carbocycles. The van der Waals surface area contributed by atoms with Crippen molar-refractivity contribution in [3.63, 3.8) is 0 Å². The third-order valence-corrected chi connectivity index (χ3v) is 1.16. The standard InChI is InChI=1S/C5H8O2/c1-2-4-5(3-6)7-4/h3-5H,2H2,1H3/t4-,5+/m0/s1. The molecule has 0 aromatic heterocycles. The summed E-state index contributed by atoms with van der Waals surface area (Å²) in [5.41, 5.74) is 0. The van der Waals surface area contributed by atoms with Crippen molar-refractivity contribution in [3.8, 4) is 0 Å². The highest BCUT2D eigenvalue weighted by Gasteiger charge is 2.36. The minimum atomic E-state index is -0.0648. The fraction of sp³-hybridized carbons (Fsp3) is 0.800. The molecule has 1 aliphatic heterocycles. The van der Waals surface area contributed by atoms with Gasteiger partial charge in [0.15, 0.2) is 6.29 Å². The van der Waals surface area contributed by atoms with E-state index in [4.69, 9.17) is 4.74 Å². The smallest absolute Gasteiger partial charge is 0.151 e. The maximum atomic E-state index is 9.81. The Labute approximate surface area is 42.5 Å². The summed E-state index contributed by atoms with van der Waals surface area (Å²) in [6, 6.07) is 0. The van der Waals surface area contributed by atoms with Crippen molar-refractivity contribution in [3.05, 3.63) is 0 Å². The highest BCUT2D eigenvalue weighted by Crippen LogP contribution is 2.21. The largest absolute Gasteiger partial charge is 0.362 e. The van der Waals surface area contributed by atoms with E-state index in [1.807, 2.05) is 6.92 Å². The van der Waals surface area contributed by atoms with Crippen molar-refractivity contribution in [2.45, 2.75) is 25.6 Å². The van der Waals surface area contributed by atoms with Gasteiger partial charge in [0.1, 0.15) is 6.10 Å². The highest BCUT2D eigenvalue weighted by molar-refractivity contribution is 5.60. The molecule has 0 amide bonds. The van der Waals surface area contributed by atoms with Crippen molar-refractivity contribution in [2.75, 3.05) is 0 Å². The molecule has 0 spiro atoms. The van der Waals surface area contributed by atoms with E-state index in [0.717, 1.165) is 12.7 Å². The quantitative estimate of drug-likeness (QED) is 0.370. The Kier molecular flexibility index (Phi) is 1.11. The number of carbonyl (C=O) groups excluding carboxylic acids is 1. The second-order valence-electron chi connectivity index (χ2n) is 1.68. The van der Waals surface area contributed by atoms with Gasteiger partial charge in [-0.1, -0.05) is 6.92 Å². The highest BCUT2D eigenvalue weighted by atomic mass is 16.6. The van der Waals surface area contributed by atoms with Crippen LogP contribution in [0.4, 0.5) is 0 Å². The zero-order chi connectivity index (χ0) is 5.28. The average Bonchev–Trinajstić information content (AvgIpc) is 2.43. The molecule has 0 unspecified atom stereocenters. The van der Waals surface area contributed by atoms with Gasteiger partial charge in [0, 0.05) is 0 Å². The summed E-state index contributed by atoms with van der Waals surface area (Å²) in [6.45, 7) is 2.01. The van der Waals surface area contributed by atoms with E-state index in [9.17, 15) is 4.79 Å². The molecule has 1 aliphatic rings. The Morgan fingerprint density at radius 3 is 2.71 bits per heavy atom. The van der Waals surface area contributed by atoms with Crippen LogP contribution in [-0.2, 0) is 9.53 Å². The topological polar surface area (TPSA) is 29.6 Å². The minimum absolute atomic E-state index is 0.0648. The number of rotatable bonds is 2. The fourth-order valence-electron chi connectivity index (χ4n) is 0.605. The molecule has 40 valence electrons. The summed E-state index contributed by atoms with van der Waals surface area (Å²) in [6.07, 6.45) is 2.00. The number of hydrogen-bond donors (Lipinski definition) is 0. The first-order valence-electron chi connectivity index (χ1n) is 2.49. The van der Waals surface area contributed by atoms with E-state index in [2.05, 4.69) is 0 Å². The van der Waals surface area contributed by atoms with Gasteiger partial charge in [-0.15, -0.1) is 0 Å². The molecule has 1 heterocycles. The second kappa shape index (κ2) is 1.62. The van der Waals surface area contributed by atoms with Gasteiger partial charge in [0.05, 0.1) is 6.10 Å². The molecule has 1 fully saturated rings. The van der Waals surface area contributed by atoms with Gasteiger partial charge < -0.3 is 9.53 Å². The number of ether oxygens (including phenoxy) is 1. The monoisotopic (exact) mass is 100 g/mol. The normalized spacial score (nSPS) is 37.9. The van der Waals surface area contributed by atoms with Gasteiger partial charge in [0.25, 0.3) is 0 Å². The van der Waals surface area contributed by atoms with E-state index in [0.29, 0.717) is 0 Å². The third-order valence-electron chi connectivity index (χ3n) is 1.16. The van der Waals surface area contributed by atoms with Crippen LogP contribution in [0, 0.1) is 0 Å². The van der Waals surface area contributed by atoms with Crippen LogP contribution in [0.2, 0.25) is 0 Å². The van der Waals surface area contributed by atoms with Gasteiger partial charge in [-0.05, 0) is 6.42 Å². The molecule has 2 atom stereocenters. The Morgan fingerprint density at radius 2 is 2.57 bits per heavy atom. The van der Waals surface area contributed by atoms with E-state index in [1.54, 1.807) is 0 Å². The van der Waals surface area contributed by atoms with Crippen LogP contribution in [-0.4, -0.2) is 18.5 Å². The molecule has 7 heavy (non-hydrogen) atoms. The predicted molar refractivity (Wildman–Crippen MR) is 25.0 cm³/mol. The van der Waals surface area contributed by atoms with E-state index >= 15 is 0 Å². The number of epoxide rings is 1. The summed E-state index contributed by atoms with van der Waals surface area (Å²) < 4.78 is 4.85. The molecule has 0 bridgehead atoms. The number of hydrogen-bond acceptors (Lipinski definition) is 2. The zero-order valence-electron chi connectivity index (χ0n) is 4.26. The van der Waals surface area contributed by atoms with Crippen LogP contribution in [0.1, 0.15) is 13.3 Å². The fourth-order valence-corrected chi connectivity index (χ4v) is 0.605. The van der Waals surface area contributed by atoms with Gasteiger partial charge in [-0.25, -0.2) is 0 Å². The summed E-state index contributed by atoms with van der Waals surface area (Å²) >= 11 is 0. The van der Waals surface area contributed by atoms with Crippen LogP contribution in [0.3, 0.4) is 0 Å². The van der Waals surface area contributed by atoms with Crippen LogP contribution in [0.15, 0.2) is 0 Å². The van der Waals surface area contributed by atoms with Gasteiger partial charge in [-0.2, -0.15) is 0 Å². The summed E-state index contributed by atoms with van der Waals surface area (Å²) in [7, 11) is 0. The van der Waals surface area contributed by atoms with Gasteiger partial charge in [0.2, 0.25) is 0 Å². The molecular formula is C5H8O2. The van der Waals surface area contributed by atoms with Gasteiger partial charge >= 0.3 is 0 Å². The lowest BCUT2D eigenvalue weighted by molar-refractivity contribution is -0.108. The van der Waals surface area contributed by atoms with Crippen molar-refractivity contribution < 1.29 is 9.53 Å². The molecule has 0 aliphatic carbocycles. The van der Waals surface area contributed by atoms with Crippen LogP contribution >= 0.6 is 0 Å². The van der Waals surface area contributed by atoms with Crippen LogP contribution in [0.25, 0.3) is 0 Å². The lowest BCUT2D eigenvalue weighted by Crippen LogP contribution is -1.90. The summed E-state index contributed by atoms with van der Waals surface area (Å²) in [4.78, 5) is 9.81. The molecule has 0 N–H and O–H groups in total. The van der Waals surface area contributed by atoms with E-state index in [-0.39, 0.29) is 12.2 Å². The zero-order valence-corrected chi connectivity index (χ0v) is 4.26. The van der Waals surface area contributed by atoms with Crippen molar-refractivity contribution >= 4 is 6.29 Å². The van der Waals surface area contributed by atoms with Crippen molar-refractivity contribution in [1.82, 2.24) is 0 Å².